The van der Waals surface area contributed by atoms with Gasteiger partial charge < -0.3 is 0 Å². The van der Waals surface area contributed by atoms with E-state index in [9.17, 15) is 0 Å². The first-order valence-electron chi connectivity index (χ1n) is 7.58. The average Bonchev–Trinajstić information content (AvgIpc) is 3.09. The van der Waals surface area contributed by atoms with E-state index in [1.54, 1.807) is 0 Å². The molecule has 0 radical (unpaired) electrons. The molecule has 0 saturated carbocycles. The van der Waals surface area contributed by atoms with Gasteiger partial charge in [-0.05, 0) is 29.7 Å². The van der Waals surface area contributed by atoms with Crippen LogP contribution in [0.15, 0.2) is 101 Å². The first-order valence-corrected chi connectivity index (χ1v) is 7.58. The molecule has 23 heavy (non-hydrogen) atoms. The van der Waals surface area contributed by atoms with Gasteiger partial charge in [-0.15, -0.1) is 0 Å². The van der Waals surface area contributed by atoms with Crippen LogP contribution in [0.4, 0.5) is 11.4 Å². The summed E-state index contributed by atoms with van der Waals surface area (Å²) in [4.78, 5) is 3.89. The Labute approximate surface area is 135 Å². The maximum atomic E-state index is 4.41. The molecule has 0 bridgehead atoms. The molecule has 5 heteroatoms. The molecule has 0 unspecified atom stereocenters. The zero-order chi connectivity index (χ0) is 15.5. The van der Waals surface area contributed by atoms with Crippen LogP contribution in [0.1, 0.15) is 0 Å². The van der Waals surface area contributed by atoms with Gasteiger partial charge in [-0.3, -0.25) is 9.84 Å². The Morgan fingerprint density at radius 2 is 0.913 bits per heavy atom. The lowest BCUT2D eigenvalue weighted by Gasteiger charge is -2.24. The molecule has 3 aromatic carbocycles. The van der Waals surface area contributed by atoms with Crippen molar-refractivity contribution in [2.24, 2.45) is 10.4 Å². The number of rotatable bonds is 3. The lowest BCUT2D eigenvalue weighted by Crippen LogP contribution is -2.53. The lowest BCUT2D eigenvalue weighted by molar-refractivity contribution is 1.01. The van der Waals surface area contributed by atoms with Gasteiger partial charge in [-0.2, -0.15) is 0 Å². The standard InChI is InChI=1S/C18H15BN4/c1-4-10-16(11-5-1)19-22(17-12-6-2-7-13-17)20-21-23(19)18-14-8-3-9-15-18/h1-15H. The Kier molecular flexibility index (Phi) is 3.52. The van der Waals surface area contributed by atoms with Crippen LogP contribution in [-0.2, 0) is 0 Å². The summed E-state index contributed by atoms with van der Waals surface area (Å²) in [6.45, 7) is -0.0963. The highest BCUT2D eigenvalue weighted by atomic mass is 15.7. The van der Waals surface area contributed by atoms with E-state index in [0.29, 0.717) is 0 Å². The second-order valence-electron chi connectivity index (χ2n) is 5.32. The van der Waals surface area contributed by atoms with Gasteiger partial charge >= 0.3 is 6.98 Å². The minimum Gasteiger partial charge on any atom is -0.259 e. The summed E-state index contributed by atoms with van der Waals surface area (Å²) in [5.41, 5.74) is 3.18. The molecule has 0 N–H and O–H groups in total. The minimum atomic E-state index is -0.0963. The summed E-state index contributed by atoms with van der Waals surface area (Å²) in [6, 6.07) is 30.5. The third kappa shape index (κ3) is 2.57. The predicted molar refractivity (Wildman–Crippen MR) is 94.5 cm³/mol. The number of nitrogens with zero attached hydrogens (tertiary/aromatic N) is 4. The van der Waals surface area contributed by atoms with E-state index in [2.05, 4.69) is 22.6 Å². The van der Waals surface area contributed by atoms with E-state index < -0.39 is 0 Å². The largest absolute Gasteiger partial charge is 0.458 e. The quantitative estimate of drug-likeness (QED) is 0.691. The third-order valence-corrected chi connectivity index (χ3v) is 3.84. The molecular weight excluding hydrogens is 283 g/mol. The highest BCUT2D eigenvalue weighted by Gasteiger charge is 2.39. The monoisotopic (exact) mass is 298 g/mol. The first-order chi connectivity index (χ1) is 11.4. The van der Waals surface area contributed by atoms with Crippen molar-refractivity contribution in [3.8, 4) is 0 Å². The van der Waals surface area contributed by atoms with E-state index in [-0.39, 0.29) is 6.98 Å². The Hall–Kier alpha value is -3.08. The van der Waals surface area contributed by atoms with Crippen LogP contribution in [0.3, 0.4) is 0 Å². The zero-order valence-corrected chi connectivity index (χ0v) is 12.5. The molecule has 3 aromatic rings. The molecule has 0 aromatic heterocycles. The molecule has 0 amide bonds. The van der Waals surface area contributed by atoms with Gasteiger partial charge in [0.15, 0.2) is 0 Å². The summed E-state index contributed by atoms with van der Waals surface area (Å²) in [5, 5.41) is 8.81. The average molecular weight is 298 g/mol. The smallest absolute Gasteiger partial charge is 0.259 e. The molecule has 0 saturated heterocycles. The van der Waals surface area contributed by atoms with Crippen molar-refractivity contribution in [1.82, 2.24) is 0 Å². The maximum absolute atomic E-state index is 4.41. The fourth-order valence-corrected chi connectivity index (χ4v) is 2.74. The van der Waals surface area contributed by atoms with Crippen molar-refractivity contribution in [2.45, 2.75) is 0 Å². The molecule has 0 aliphatic carbocycles. The molecule has 0 fully saturated rings. The zero-order valence-electron chi connectivity index (χ0n) is 12.5. The van der Waals surface area contributed by atoms with Crippen LogP contribution in [0.25, 0.3) is 0 Å². The molecule has 110 valence electrons. The van der Waals surface area contributed by atoms with Crippen molar-refractivity contribution < 1.29 is 0 Å². The Bertz CT molecular complexity index is 744. The molecular formula is C18H15BN4. The number of anilines is 2. The van der Waals surface area contributed by atoms with E-state index in [1.807, 2.05) is 88.7 Å². The summed E-state index contributed by atoms with van der Waals surface area (Å²) in [5.74, 6) is 0. The highest BCUT2D eigenvalue weighted by Crippen LogP contribution is 2.27. The highest BCUT2D eigenvalue weighted by molar-refractivity contribution is 6.80. The Balaban J connectivity index is 1.78. The molecule has 0 spiro atoms. The topological polar surface area (TPSA) is 31.2 Å². The number of para-hydroxylation sites is 2. The van der Waals surface area contributed by atoms with E-state index in [1.165, 1.54) is 0 Å². The number of hydrogen-bond donors (Lipinski definition) is 0. The van der Waals surface area contributed by atoms with Gasteiger partial charge in [0.05, 0.1) is 0 Å². The van der Waals surface area contributed by atoms with Gasteiger partial charge in [0.1, 0.15) is 0 Å². The van der Waals surface area contributed by atoms with Gasteiger partial charge in [0, 0.05) is 11.4 Å². The van der Waals surface area contributed by atoms with Crippen LogP contribution in [0, 0.1) is 0 Å². The molecule has 0 atom stereocenters. The summed E-state index contributed by atoms with van der Waals surface area (Å²) in [7, 11) is 0. The normalized spacial score (nSPS) is 13.7. The van der Waals surface area contributed by atoms with Crippen LogP contribution in [0.5, 0.6) is 0 Å². The number of hydrogen-bond acceptors (Lipinski definition) is 4. The van der Waals surface area contributed by atoms with Crippen LogP contribution in [-0.4, -0.2) is 6.98 Å². The third-order valence-electron chi connectivity index (χ3n) is 3.84. The van der Waals surface area contributed by atoms with E-state index >= 15 is 0 Å². The van der Waals surface area contributed by atoms with Crippen molar-refractivity contribution >= 4 is 23.8 Å². The summed E-state index contributed by atoms with van der Waals surface area (Å²) in [6.07, 6.45) is 0. The second kappa shape index (κ2) is 5.97. The second-order valence-corrected chi connectivity index (χ2v) is 5.32. The molecule has 4 nitrogen and oxygen atoms in total. The molecule has 1 aliphatic heterocycles. The van der Waals surface area contributed by atoms with Crippen molar-refractivity contribution in [3.63, 3.8) is 0 Å². The van der Waals surface area contributed by atoms with Crippen molar-refractivity contribution in [2.75, 3.05) is 9.84 Å². The SMILES string of the molecule is c1ccc(B2N(c3ccccc3)N=NN2c2ccccc2)cc1. The van der Waals surface area contributed by atoms with Crippen LogP contribution < -0.4 is 15.3 Å². The van der Waals surface area contributed by atoms with Gasteiger partial charge in [0.2, 0.25) is 0 Å². The Morgan fingerprint density at radius 1 is 0.522 bits per heavy atom. The van der Waals surface area contributed by atoms with Crippen LogP contribution >= 0.6 is 0 Å². The van der Waals surface area contributed by atoms with Gasteiger partial charge in [0.25, 0.3) is 0 Å². The van der Waals surface area contributed by atoms with E-state index in [0.717, 1.165) is 16.8 Å². The Morgan fingerprint density at radius 3 is 1.35 bits per heavy atom. The lowest BCUT2D eigenvalue weighted by atomic mass is 9.66. The van der Waals surface area contributed by atoms with Gasteiger partial charge in [-0.1, -0.05) is 77.2 Å². The van der Waals surface area contributed by atoms with Crippen molar-refractivity contribution in [3.05, 3.63) is 91.0 Å². The fraction of sp³-hybridized carbons (Fsp3) is 0. The van der Waals surface area contributed by atoms with Crippen LogP contribution in [0.2, 0.25) is 0 Å². The first kappa shape index (κ1) is 13.6. The minimum absolute atomic E-state index is 0.0963. The van der Waals surface area contributed by atoms with Gasteiger partial charge in [-0.25, -0.2) is 0 Å². The number of benzene rings is 3. The molecule has 1 heterocycles. The fourth-order valence-electron chi connectivity index (χ4n) is 2.74. The van der Waals surface area contributed by atoms with Crippen molar-refractivity contribution in [1.29, 1.82) is 0 Å². The molecule has 1 aliphatic rings. The predicted octanol–water partition coefficient (Wildman–Crippen LogP) is 3.69. The van der Waals surface area contributed by atoms with E-state index in [4.69, 9.17) is 0 Å². The molecule has 4 rings (SSSR count). The maximum Gasteiger partial charge on any atom is 0.458 e. The summed E-state index contributed by atoms with van der Waals surface area (Å²) < 4.78 is 0. The summed E-state index contributed by atoms with van der Waals surface area (Å²) >= 11 is 0.